The monoisotopic (exact) mass is 366 g/mol. The Morgan fingerprint density at radius 1 is 1.47 bits per heavy atom. The van der Waals surface area contributed by atoms with E-state index in [1.165, 1.54) is 11.3 Å². The van der Waals surface area contributed by atoms with Gasteiger partial charge in [0.1, 0.15) is 4.90 Å². The Morgan fingerprint density at radius 3 is 2.63 bits per heavy atom. The van der Waals surface area contributed by atoms with Crippen molar-refractivity contribution in [3.63, 3.8) is 0 Å². The zero-order valence-corrected chi connectivity index (χ0v) is 14.5. The van der Waals surface area contributed by atoms with Crippen molar-refractivity contribution in [1.29, 1.82) is 0 Å². The topological polar surface area (TPSA) is 58.2 Å². The molecule has 0 atom stereocenters. The summed E-state index contributed by atoms with van der Waals surface area (Å²) in [5, 5.41) is 3.03. The molecule has 2 N–H and O–H groups in total. The molecule has 1 aliphatic carbocycles. The van der Waals surface area contributed by atoms with Crippen LogP contribution in [0.25, 0.3) is 0 Å². The van der Waals surface area contributed by atoms with Crippen LogP contribution in [-0.4, -0.2) is 21.0 Å². The molecule has 4 nitrogen and oxygen atoms in total. The minimum Gasteiger partial charge on any atom is -0.315 e. The summed E-state index contributed by atoms with van der Waals surface area (Å²) in [6.07, 6.45) is 2.21. The van der Waals surface area contributed by atoms with E-state index < -0.39 is 10.0 Å². The lowest BCUT2D eigenvalue weighted by Crippen LogP contribution is -2.45. The smallest absolute Gasteiger partial charge is 0.243 e. The third kappa shape index (κ3) is 3.58. The summed E-state index contributed by atoms with van der Waals surface area (Å²) in [5.74, 6) is 0.455. The Kier molecular flexibility index (Phi) is 4.42. The van der Waals surface area contributed by atoms with Crippen molar-refractivity contribution in [3.8, 4) is 0 Å². The second-order valence-corrected chi connectivity index (χ2v) is 9.59. The van der Waals surface area contributed by atoms with Gasteiger partial charge in [0.15, 0.2) is 0 Å². The minimum atomic E-state index is -3.47. The SMILES string of the molecule is CNCc1cc(S(=O)(=O)NC(C)(C)C2CC2)c(Br)s1. The maximum Gasteiger partial charge on any atom is 0.243 e. The highest BCUT2D eigenvalue weighted by atomic mass is 79.9. The second-order valence-electron chi connectivity index (χ2n) is 5.48. The van der Waals surface area contributed by atoms with E-state index in [1.807, 2.05) is 20.9 Å². The first kappa shape index (κ1) is 15.4. The molecule has 1 aromatic rings. The van der Waals surface area contributed by atoms with Crippen molar-refractivity contribution in [1.82, 2.24) is 10.0 Å². The largest absolute Gasteiger partial charge is 0.315 e. The summed E-state index contributed by atoms with van der Waals surface area (Å²) in [4.78, 5) is 1.34. The Hall–Kier alpha value is 0.0500. The number of halogens is 1. The first-order valence-electron chi connectivity index (χ1n) is 6.23. The molecule has 0 amide bonds. The normalized spacial score (nSPS) is 16.8. The van der Waals surface area contributed by atoms with E-state index in [9.17, 15) is 8.42 Å². The fourth-order valence-electron chi connectivity index (χ4n) is 2.13. The van der Waals surface area contributed by atoms with Gasteiger partial charge in [0.25, 0.3) is 0 Å². The number of hydrogen-bond donors (Lipinski definition) is 2. The van der Waals surface area contributed by atoms with Crippen LogP contribution in [0.1, 0.15) is 31.6 Å². The van der Waals surface area contributed by atoms with Crippen molar-refractivity contribution in [2.45, 2.75) is 43.7 Å². The molecule has 0 bridgehead atoms. The van der Waals surface area contributed by atoms with Gasteiger partial charge in [-0.15, -0.1) is 11.3 Å². The van der Waals surface area contributed by atoms with Crippen LogP contribution in [-0.2, 0) is 16.6 Å². The van der Waals surface area contributed by atoms with Gasteiger partial charge in [0, 0.05) is 17.0 Å². The number of rotatable bonds is 6. The fraction of sp³-hybridized carbons (Fsp3) is 0.667. The Labute approximate surface area is 127 Å². The van der Waals surface area contributed by atoms with Gasteiger partial charge in [-0.2, -0.15) is 0 Å². The fourth-order valence-corrected chi connectivity index (χ4v) is 6.30. The van der Waals surface area contributed by atoms with Gasteiger partial charge < -0.3 is 5.32 Å². The van der Waals surface area contributed by atoms with Crippen molar-refractivity contribution in [2.24, 2.45) is 5.92 Å². The van der Waals surface area contributed by atoms with Crippen LogP contribution in [0, 0.1) is 5.92 Å². The van der Waals surface area contributed by atoms with Gasteiger partial charge in [-0.05, 0) is 61.7 Å². The molecule has 1 saturated carbocycles. The van der Waals surface area contributed by atoms with Crippen LogP contribution in [0.15, 0.2) is 14.7 Å². The van der Waals surface area contributed by atoms with Gasteiger partial charge >= 0.3 is 0 Å². The summed E-state index contributed by atoms with van der Waals surface area (Å²) in [7, 11) is -1.62. The molecule has 0 saturated heterocycles. The molecule has 1 fully saturated rings. The van der Waals surface area contributed by atoms with Gasteiger partial charge in [0.2, 0.25) is 10.0 Å². The van der Waals surface area contributed by atoms with Crippen molar-refractivity contribution < 1.29 is 8.42 Å². The van der Waals surface area contributed by atoms with Crippen LogP contribution in [0.4, 0.5) is 0 Å². The number of sulfonamides is 1. The number of thiophene rings is 1. The molecule has 0 aliphatic heterocycles. The molecule has 2 rings (SSSR count). The standard InChI is InChI=1S/C12H19BrN2O2S2/c1-12(2,8-4-5-8)15-19(16,17)10-6-9(7-14-3)18-11(10)13/h6,8,14-15H,4-5,7H2,1-3H3. The summed E-state index contributed by atoms with van der Waals surface area (Å²) < 4.78 is 28.4. The third-order valence-electron chi connectivity index (χ3n) is 3.34. The summed E-state index contributed by atoms with van der Waals surface area (Å²) >= 11 is 4.81. The molecular formula is C12H19BrN2O2S2. The zero-order chi connectivity index (χ0) is 14.3. The lowest BCUT2D eigenvalue weighted by molar-refractivity contribution is 0.400. The molecule has 7 heteroatoms. The van der Waals surface area contributed by atoms with Crippen molar-refractivity contribution in [3.05, 3.63) is 14.7 Å². The van der Waals surface area contributed by atoms with Gasteiger partial charge in [-0.1, -0.05) is 0 Å². The average Bonchev–Trinajstić information content (AvgIpc) is 3.03. The molecule has 1 aromatic heterocycles. The lowest BCUT2D eigenvalue weighted by atomic mass is 10.0. The highest BCUT2D eigenvalue weighted by molar-refractivity contribution is 9.11. The summed E-state index contributed by atoms with van der Waals surface area (Å²) in [6.45, 7) is 4.58. The molecule has 19 heavy (non-hydrogen) atoms. The second kappa shape index (κ2) is 5.44. The number of nitrogens with one attached hydrogen (secondary N) is 2. The molecule has 0 radical (unpaired) electrons. The predicted molar refractivity (Wildman–Crippen MR) is 81.9 cm³/mol. The van der Waals surface area contributed by atoms with Gasteiger partial charge in [-0.3, -0.25) is 0 Å². The molecule has 0 unspecified atom stereocenters. The van der Waals surface area contributed by atoms with E-state index in [4.69, 9.17) is 0 Å². The third-order valence-corrected chi connectivity index (χ3v) is 7.27. The quantitative estimate of drug-likeness (QED) is 0.813. The highest BCUT2D eigenvalue weighted by Gasteiger charge is 2.41. The van der Waals surface area contributed by atoms with E-state index in [0.29, 0.717) is 21.1 Å². The van der Waals surface area contributed by atoms with Crippen LogP contribution < -0.4 is 10.0 Å². The van der Waals surface area contributed by atoms with E-state index >= 15 is 0 Å². The highest BCUT2D eigenvalue weighted by Crippen LogP contribution is 2.40. The van der Waals surface area contributed by atoms with E-state index in [0.717, 1.165) is 17.7 Å². The summed E-state index contributed by atoms with van der Waals surface area (Å²) in [6, 6.07) is 1.73. The van der Waals surface area contributed by atoms with E-state index in [2.05, 4.69) is 26.0 Å². The molecule has 1 heterocycles. The maximum atomic E-state index is 12.5. The zero-order valence-electron chi connectivity index (χ0n) is 11.3. The Bertz CT molecular complexity index is 562. The van der Waals surface area contributed by atoms with E-state index in [1.54, 1.807) is 6.07 Å². The van der Waals surface area contributed by atoms with Crippen molar-refractivity contribution in [2.75, 3.05) is 7.05 Å². The van der Waals surface area contributed by atoms with Crippen LogP contribution in [0.2, 0.25) is 0 Å². The minimum absolute atomic E-state index is 0.344. The molecule has 0 aromatic carbocycles. The number of hydrogen-bond acceptors (Lipinski definition) is 4. The molecule has 0 spiro atoms. The van der Waals surface area contributed by atoms with E-state index in [-0.39, 0.29) is 5.54 Å². The van der Waals surface area contributed by atoms with Gasteiger partial charge in [0.05, 0.1) is 3.79 Å². The predicted octanol–water partition coefficient (Wildman–Crippen LogP) is 2.70. The molecule has 108 valence electrons. The van der Waals surface area contributed by atoms with Crippen LogP contribution >= 0.6 is 27.3 Å². The average molecular weight is 367 g/mol. The Morgan fingerprint density at radius 2 is 2.11 bits per heavy atom. The van der Waals surface area contributed by atoms with Crippen molar-refractivity contribution >= 4 is 37.3 Å². The lowest BCUT2D eigenvalue weighted by Gasteiger charge is -2.25. The summed E-state index contributed by atoms with van der Waals surface area (Å²) in [5.41, 5.74) is -0.372. The molecule has 1 aliphatic rings. The first-order valence-corrected chi connectivity index (χ1v) is 9.32. The first-order chi connectivity index (χ1) is 8.76. The van der Waals surface area contributed by atoms with Crippen LogP contribution in [0.3, 0.4) is 0 Å². The Balaban J connectivity index is 2.23. The maximum absolute atomic E-state index is 12.5. The molecular weight excluding hydrogens is 348 g/mol. The van der Waals surface area contributed by atoms with Gasteiger partial charge in [-0.25, -0.2) is 13.1 Å². The van der Waals surface area contributed by atoms with Crippen LogP contribution in [0.5, 0.6) is 0 Å².